The lowest BCUT2D eigenvalue weighted by Gasteiger charge is -2.21. The molecule has 3 atom stereocenters. The summed E-state index contributed by atoms with van der Waals surface area (Å²) in [5.41, 5.74) is 5.76. The van der Waals surface area contributed by atoms with Gasteiger partial charge in [-0.1, -0.05) is 44.9 Å². The van der Waals surface area contributed by atoms with Crippen molar-refractivity contribution in [3.05, 3.63) is 0 Å². The third-order valence-electron chi connectivity index (χ3n) is 4.94. The number of rotatable bonds is 10. The van der Waals surface area contributed by atoms with Gasteiger partial charge in [-0.15, -0.1) is 0 Å². The van der Waals surface area contributed by atoms with Crippen LogP contribution in [0.3, 0.4) is 0 Å². The Morgan fingerprint density at radius 2 is 1.75 bits per heavy atom. The van der Waals surface area contributed by atoms with E-state index in [1.807, 2.05) is 0 Å². The summed E-state index contributed by atoms with van der Waals surface area (Å²) in [5.74, 6) is 0. The van der Waals surface area contributed by atoms with Gasteiger partial charge in [-0.3, -0.25) is 4.90 Å². The normalized spacial score (nSPS) is 27.9. The maximum absolute atomic E-state index is 5.76. The van der Waals surface area contributed by atoms with Gasteiger partial charge in [-0.2, -0.15) is 0 Å². The molecule has 0 radical (unpaired) electrons. The summed E-state index contributed by atoms with van der Waals surface area (Å²) in [4.78, 5) is 2.61. The average molecular weight is 282 g/mol. The summed E-state index contributed by atoms with van der Waals surface area (Å²) in [7, 11) is 0. The summed E-state index contributed by atoms with van der Waals surface area (Å²) in [6, 6.07) is 1.22. The Hall–Kier alpha value is -0.120. The second-order valence-electron chi connectivity index (χ2n) is 6.82. The summed E-state index contributed by atoms with van der Waals surface area (Å²) in [6.45, 7) is 4.25. The lowest BCUT2D eigenvalue weighted by atomic mass is 10.0. The molecular formula is C17H34N2O. The van der Waals surface area contributed by atoms with E-state index >= 15 is 0 Å². The summed E-state index contributed by atoms with van der Waals surface area (Å²) >= 11 is 0. The van der Waals surface area contributed by atoms with Crippen LogP contribution in [0.4, 0.5) is 0 Å². The molecule has 2 fully saturated rings. The van der Waals surface area contributed by atoms with Crippen LogP contribution in [0.25, 0.3) is 0 Å². The van der Waals surface area contributed by atoms with Crippen molar-refractivity contribution in [2.24, 2.45) is 5.73 Å². The quantitative estimate of drug-likeness (QED) is 0.621. The molecule has 2 N–H and O–H groups in total. The highest BCUT2D eigenvalue weighted by Crippen LogP contribution is 2.31. The van der Waals surface area contributed by atoms with Gasteiger partial charge in [-0.25, -0.2) is 0 Å². The molecule has 3 nitrogen and oxygen atoms in total. The first-order valence-corrected chi connectivity index (χ1v) is 8.90. The first kappa shape index (κ1) is 16.3. The molecule has 0 aromatic heterocycles. The molecule has 2 aliphatic rings. The van der Waals surface area contributed by atoms with Gasteiger partial charge >= 0.3 is 0 Å². The van der Waals surface area contributed by atoms with Crippen LogP contribution in [0.2, 0.25) is 0 Å². The Labute approximate surface area is 125 Å². The zero-order chi connectivity index (χ0) is 14.2. The minimum absolute atomic E-state index is 0.389. The Bertz CT molecular complexity index is 257. The monoisotopic (exact) mass is 282 g/mol. The lowest BCUT2D eigenvalue weighted by Crippen LogP contribution is -2.31. The van der Waals surface area contributed by atoms with E-state index in [9.17, 15) is 0 Å². The Kier molecular flexibility index (Phi) is 7.32. The van der Waals surface area contributed by atoms with Crippen LogP contribution < -0.4 is 5.73 Å². The van der Waals surface area contributed by atoms with Gasteiger partial charge in [0.15, 0.2) is 0 Å². The molecule has 0 bridgehead atoms. The smallest absolute Gasteiger partial charge is 0.111 e. The second kappa shape index (κ2) is 9.01. The molecule has 3 heteroatoms. The molecule has 0 aromatic carbocycles. The molecule has 1 unspecified atom stereocenters. The van der Waals surface area contributed by atoms with E-state index in [4.69, 9.17) is 10.5 Å². The number of unbranched alkanes of at least 4 members (excludes halogenated alkanes) is 6. The molecule has 118 valence electrons. The molecule has 0 amide bonds. The maximum Gasteiger partial charge on any atom is 0.111 e. The highest BCUT2D eigenvalue weighted by Gasteiger charge is 2.36. The van der Waals surface area contributed by atoms with Crippen molar-refractivity contribution in [1.82, 2.24) is 4.90 Å². The maximum atomic E-state index is 5.76. The van der Waals surface area contributed by atoms with E-state index in [0.717, 1.165) is 12.6 Å². The fourth-order valence-corrected chi connectivity index (χ4v) is 3.74. The molecule has 2 saturated heterocycles. The van der Waals surface area contributed by atoms with Gasteiger partial charge in [0, 0.05) is 18.6 Å². The number of nitrogens with two attached hydrogens (primary N) is 1. The van der Waals surface area contributed by atoms with Crippen LogP contribution in [0.15, 0.2) is 0 Å². The van der Waals surface area contributed by atoms with E-state index in [1.54, 1.807) is 0 Å². The fourth-order valence-electron chi connectivity index (χ4n) is 3.74. The Morgan fingerprint density at radius 3 is 2.50 bits per heavy atom. The largest absolute Gasteiger partial charge is 0.362 e. The topological polar surface area (TPSA) is 38.5 Å². The first-order chi connectivity index (χ1) is 9.77. The van der Waals surface area contributed by atoms with Crippen LogP contribution in [-0.4, -0.2) is 36.4 Å². The van der Waals surface area contributed by atoms with E-state index in [-0.39, 0.29) is 0 Å². The second-order valence-corrected chi connectivity index (χ2v) is 6.82. The molecule has 20 heavy (non-hydrogen) atoms. The highest BCUT2D eigenvalue weighted by molar-refractivity contribution is 4.85. The third kappa shape index (κ3) is 5.34. The molecule has 2 rings (SSSR count). The lowest BCUT2D eigenvalue weighted by molar-refractivity contribution is 0.0481. The van der Waals surface area contributed by atoms with Crippen LogP contribution in [0.5, 0.6) is 0 Å². The van der Waals surface area contributed by atoms with E-state index in [2.05, 4.69) is 11.8 Å². The van der Waals surface area contributed by atoms with Gasteiger partial charge in [0.2, 0.25) is 0 Å². The predicted octanol–water partition coefficient (Wildman–Crippen LogP) is 3.67. The molecule has 2 aliphatic heterocycles. The molecule has 0 saturated carbocycles. The van der Waals surface area contributed by atoms with E-state index < -0.39 is 0 Å². The summed E-state index contributed by atoms with van der Waals surface area (Å²) in [5, 5.41) is 0. The van der Waals surface area contributed by atoms with E-state index in [1.165, 1.54) is 77.2 Å². The molecule has 0 spiro atoms. The van der Waals surface area contributed by atoms with Crippen LogP contribution in [0, 0.1) is 0 Å². The van der Waals surface area contributed by atoms with Crippen molar-refractivity contribution in [3.8, 4) is 0 Å². The minimum Gasteiger partial charge on any atom is -0.362 e. The third-order valence-corrected chi connectivity index (χ3v) is 4.94. The number of fused-ring (bicyclic) bond motifs is 1. The first-order valence-electron chi connectivity index (χ1n) is 8.90. The van der Waals surface area contributed by atoms with Gasteiger partial charge in [0.05, 0.1) is 6.61 Å². The van der Waals surface area contributed by atoms with Crippen LogP contribution in [0.1, 0.15) is 77.6 Å². The van der Waals surface area contributed by atoms with Crippen molar-refractivity contribution in [3.63, 3.8) is 0 Å². The van der Waals surface area contributed by atoms with Gasteiger partial charge in [0.1, 0.15) is 6.23 Å². The van der Waals surface area contributed by atoms with Crippen molar-refractivity contribution in [2.45, 2.75) is 95.9 Å². The number of ether oxygens (including phenoxy) is 1. The minimum atomic E-state index is 0.389. The van der Waals surface area contributed by atoms with Crippen molar-refractivity contribution < 1.29 is 4.74 Å². The molecular weight excluding hydrogens is 248 g/mol. The average Bonchev–Trinajstić information content (AvgIpc) is 3.00. The van der Waals surface area contributed by atoms with Crippen LogP contribution >= 0.6 is 0 Å². The zero-order valence-electron chi connectivity index (χ0n) is 13.4. The number of hydrogen-bond donors (Lipinski definition) is 1. The van der Waals surface area contributed by atoms with Gasteiger partial charge < -0.3 is 10.5 Å². The van der Waals surface area contributed by atoms with Crippen molar-refractivity contribution >= 4 is 0 Å². The number of hydrogen-bond acceptors (Lipinski definition) is 3. The number of nitrogens with zero attached hydrogens (tertiary/aromatic N) is 1. The van der Waals surface area contributed by atoms with E-state index in [0.29, 0.717) is 12.3 Å². The van der Waals surface area contributed by atoms with Crippen molar-refractivity contribution in [1.29, 1.82) is 0 Å². The molecule has 0 aliphatic carbocycles. The van der Waals surface area contributed by atoms with Gasteiger partial charge in [0.25, 0.3) is 0 Å². The SMILES string of the molecule is CC(N)CCCCCCCCC[C@H]1CC[C@H]2OCCN12. The Morgan fingerprint density at radius 1 is 1.05 bits per heavy atom. The van der Waals surface area contributed by atoms with Crippen molar-refractivity contribution in [2.75, 3.05) is 13.2 Å². The molecule has 0 aromatic rings. The highest BCUT2D eigenvalue weighted by atomic mass is 16.5. The summed E-state index contributed by atoms with van der Waals surface area (Å²) in [6.07, 6.45) is 15.5. The standard InChI is InChI=1S/C17H34N2O/c1-15(18)9-7-5-3-2-4-6-8-10-16-11-12-17-19(16)13-14-20-17/h15-17H,2-14,18H2,1H3/t15?,16-,17+/m0/s1. The fraction of sp³-hybridized carbons (Fsp3) is 1.00. The molecule has 2 heterocycles. The zero-order valence-corrected chi connectivity index (χ0v) is 13.4. The Balaban J connectivity index is 1.39. The summed E-state index contributed by atoms with van der Waals surface area (Å²) < 4.78 is 5.72. The van der Waals surface area contributed by atoms with Crippen LogP contribution in [-0.2, 0) is 4.74 Å². The predicted molar refractivity (Wildman–Crippen MR) is 84.7 cm³/mol. The van der Waals surface area contributed by atoms with Gasteiger partial charge in [-0.05, 0) is 32.6 Å².